The van der Waals surface area contributed by atoms with E-state index in [1.54, 1.807) is 18.5 Å². The third kappa shape index (κ3) is 5.20. The van der Waals surface area contributed by atoms with Crippen LogP contribution in [0.5, 0.6) is 0 Å². The highest BCUT2D eigenvalue weighted by atomic mass is 32.1. The second-order valence-corrected chi connectivity index (χ2v) is 9.02. The van der Waals surface area contributed by atoms with E-state index in [0.717, 1.165) is 16.8 Å². The molecule has 1 unspecified atom stereocenters. The molecule has 2 aromatic carbocycles. The summed E-state index contributed by atoms with van der Waals surface area (Å²) in [5.41, 5.74) is 4.70. The van der Waals surface area contributed by atoms with Crippen molar-refractivity contribution in [3.8, 4) is 16.9 Å². The number of nitrogens with one attached hydrogen (secondary N) is 2. The van der Waals surface area contributed by atoms with Gasteiger partial charge in [0, 0.05) is 17.9 Å². The van der Waals surface area contributed by atoms with Crippen molar-refractivity contribution in [2.24, 2.45) is 0 Å². The molecule has 2 amide bonds. The van der Waals surface area contributed by atoms with Gasteiger partial charge in [0.15, 0.2) is 5.13 Å². The van der Waals surface area contributed by atoms with Crippen molar-refractivity contribution in [3.05, 3.63) is 82.5 Å². The maximum Gasteiger partial charge on any atom is 0.298 e. The summed E-state index contributed by atoms with van der Waals surface area (Å²) in [4.78, 5) is 41.4. The molecule has 0 saturated heterocycles. The summed E-state index contributed by atoms with van der Waals surface area (Å²) >= 11 is 1.24. The van der Waals surface area contributed by atoms with Crippen molar-refractivity contribution in [1.29, 1.82) is 0 Å². The quantitative estimate of drug-likeness (QED) is 0.292. The average molecular weight is 488 g/mol. The fourth-order valence-electron chi connectivity index (χ4n) is 3.85. The zero-order valence-corrected chi connectivity index (χ0v) is 20.6. The number of aryl methyl sites for hydroxylation is 1. The van der Waals surface area contributed by atoms with E-state index >= 15 is 0 Å². The predicted molar refractivity (Wildman–Crippen MR) is 136 cm³/mol. The molecule has 0 bridgehead atoms. The van der Waals surface area contributed by atoms with E-state index in [1.807, 2.05) is 66.9 Å². The minimum absolute atomic E-state index is 0.0891. The van der Waals surface area contributed by atoms with Crippen LogP contribution in [-0.2, 0) is 9.59 Å². The van der Waals surface area contributed by atoms with Gasteiger partial charge in [-0.15, -0.1) is 11.3 Å². The van der Waals surface area contributed by atoms with Crippen LogP contribution in [0, 0.1) is 13.8 Å². The van der Waals surface area contributed by atoms with Gasteiger partial charge in [-0.25, -0.2) is 9.67 Å². The molecule has 178 valence electrons. The number of ketones is 1. The Morgan fingerprint density at radius 3 is 2.34 bits per heavy atom. The number of para-hydroxylation sites is 1. The maximum absolute atomic E-state index is 13.0. The normalized spacial score (nSPS) is 11.7. The third-order valence-electron chi connectivity index (χ3n) is 5.58. The van der Waals surface area contributed by atoms with E-state index in [0.29, 0.717) is 22.2 Å². The zero-order chi connectivity index (χ0) is 25.1. The van der Waals surface area contributed by atoms with Gasteiger partial charge in [-0.3, -0.25) is 19.7 Å². The monoisotopic (exact) mass is 487 g/mol. The lowest BCUT2D eigenvalue weighted by atomic mass is 10.1. The number of aromatic nitrogens is 3. The fourth-order valence-corrected chi connectivity index (χ4v) is 4.57. The van der Waals surface area contributed by atoms with E-state index in [4.69, 9.17) is 0 Å². The second kappa shape index (κ2) is 10.0. The number of rotatable bonds is 7. The van der Waals surface area contributed by atoms with Gasteiger partial charge < -0.3 is 5.32 Å². The first-order valence-corrected chi connectivity index (χ1v) is 11.9. The molecule has 0 radical (unpaired) electrons. The summed E-state index contributed by atoms with van der Waals surface area (Å²) < 4.78 is 1.66. The number of amides is 2. The van der Waals surface area contributed by atoms with Gasteiger partial charge in [0.25, 0.3) is 11.7 Å². The van der Waals surface area contributed by atoms with Crippen molar-refractivity contribution in [1.82, 2.24) is 20.1 Å². The fraction of sp³-hybridized carbons (Fsp3) is 0.192. The molecule has 4 rings (SSSR count). The molecular formula is C26H25N5O3S. The van der Waals surface area contributed by atoms with Crippen LogP contribution in [0.1, 0.15) is 47.2 Å². The number of hydrogen-bond acceptors (Lipinski definition) is 6. The topological polar surface area (TPSA) is 106 Å². The molecule has 2 aromatic heterocycles. The molecule has 0 fully saturated rings. The highest BCUT2D eigenvalue weighted by molar-refractivity contribution is 7.14. The Balaban J connectivity index is 1.47. The zero-order valence-electron chi connectivity index (χ0n) is 19.8. The minimum Gasteiger partial charge on any atom is -0.350 e. The molecule has 2 N–H and O–H groups in total. The molecule has 0 spiro atoms. The van der Waals surface area contributed by atoms with E-state index in [-0.39, 0.29) is 17.5 Å². The van der Waals surface area contributed by atoms with Crippen molar-refractivity contribution >= 4 is 34.1 Å². The van der Waals surface area contributed by atoms with Crippen molar-refractivity contribution in [3.63, 3.8) is 0 Å². The van der Waals surface area contributed by atoms with Crippen LogP contribution < -0.4 is 10.6 Å². The van der Waals surface area contributed by atoms with Gasteiger partial charge >= 0.3 is 0 Å². The van der Waals surface area contributed by atoms with Gasteiger partial charge in [-0.05, 0) is 38.5 Å². The first kappa shape index (κ1) is 24.0. The van der Waals surface area contributed by atoms with Crippen LogP contribution in [0.3, 0.4) is 0 Å². The van der Waals surface area contributed by atoms with Gasteiger partial charge in [0.2, 0.25) is 5.91 Å². The Morgan fingerprint density at radius 2 is 1.69 bits per heavy atom. The van der Waals surface area contributed by atoms with Gasteiger partial charge in [0.05, 0.1) is 34.4 Å². The Kier molecular flexibility index (Phi) is 6.88. The molecule has 9 heteroatoms. The molecule has 0 aliphatic carbocycles. The van der Waals surface area contributed by atoms with Gasteiger partial charge in [-0.1, -0.05) is 42.5 Å². The molecule has 0 saturated carbocycles. The van der Waals surface area contributed by atoms with E-state index in [2.05, 4.69) is 20.7 Å². The van der Waals surface area contributed by atoms with E-state index in [1.165, 1.54) is 18.3 Å². The number of anilines is 1. The summed E-state index contributed by atoms with van der Waals surface area (Å²) in [5, 5.41) is 12.1. The number of nitrogens with zero attached hydrogens (tertiary/aromatic N) is 3. The number of thiazole rings is 1. The Hall–Kier alpha value is -4.11. The summed E-state index contributed by atoms with van der Waals surface area (Å²) in [7, 11) is 0. The van der Waals surface area contributed by atoms with Gasteiger partial charge in [-0.2, -0.15) is 5.10 Å². The molecule has 2 heterocycles. The summed E-state index contributed by atoms with van der Waals surface area (Å²) in [6, 6.07) is 17.0. The predicted octanol–water partition coefficient (Wildman–Crippen LogP) is 4.63. The first-order valence-electron chi connectivity index (χ1n) is 11.0. The van der Waals surface area contributed by atoms with Crippen molar-refractivity contribution in [2.75, 3.05) is 5.32 Å². The van der Waals surface area contributed by atoms with E-state index < -0.39 is 11.7 Å². The molecule has 8 nitrogen and oxygen atoms in total. The minimum atomic E-state index is -0.760. The molecule has 0 aliphatic heterocycles. The molecule has 1 atom stereocenters. The SMILES string of the molecule is CC(=O)NC(C)c1ccc(-c2csc(NC(=O)C(=O)c3c(C)nn(-c4ccccc4)c3C)n2)cc1. The van der Waals surface area contributed by atoms with Crippen LogP contribution in [-0.4, -0.2) is 32.4 Å². The van der Waals surface area contributed by atoms with E-state index in [9.17, 15) is 14.4 Å². The Labute approximate surface area is 207 Å². The number of Topliss-reactive ketones (excluding diaryl/α,β-unsaturated/α-hetero) is 1. The summed E-state index contributed by atoms with van der Waals surface area (Å²) in [6.45, 7) is 6.88. The van der Waals surface area contributed by atoms with Crippen LogP contribution in [0.25, 0.3) is 16.9 Å². The maximum atomic E-state index is 13.0. The number of carbonyl (C=O) groups excluding carboxylic acids is 3. The lowest BCUT2D eigenvalue weighted by Crippen LogP contribution is -2.24. The molecule has 4 aromatic rings. The molecular weight excluding hydrogens is 462 g/mol. The lowest BCUT2D eigenvalue weighted by molar-refractivity contribution is -0.119. The lowest BCUT2D eigenvalue weighted by Gasteiger charge is -2.12. The summed E-state index contributed by atoms with van der Waals surface area (Å²) in [6.07, 6.45) is 0. The molecule has 35 heavy (non-hydrogen) atoms. The third-order valence-corrected chi connectivity index (χ3v) is 6.33. The highest BCUT2D eigenvalue weighted by Gasteiger charge is 2.26. The number of hydrogen-bond donors (Lipinski definition) is 2. The standard InChI is InChI=1S/C26H25N5O3S/c1-15(27-18(4)32)19-10-12-20(13-11-19)22-14-35-26(28-22)29-25(34)24(33)23-16(2)30-31(17(23)3)21-8-6-5-7-9-21/h5-15H,1-4H3,(H,27,32)(H,28,29,34). The first-order chi connectivity index (χ1) is 16.7. The number of benzene rings is 2. The van der Waals surface area contributed by atoms with Crippen LogP contribution in [0.4, 0.5) is 5.13 Å². The second-order valence-electron chi connectivity index (χ2n) is 8.16. The van der Waals surface area contributed by atoms with Crippen LogP contribution in [0.15, 0.2) is 60.0 Å². The molecule has 0 aliphatic rings. The van der Waals surface area contributed by atoms with Gasteiger partial charge in [0.1, 0.15) is 0 Å². The Bertz CT molecular complexity index is 1390. The van der Waals surface area contributed by atoms with Crippen LogP contribution in [0.2, 0.25) is 0 Å². The van der Waals surface area contributed by atoms with Crippen LogP contribution >= 0.6 is 11.3 Å². The smallest absolute Gasteiger partial charge is 0.298 e. The average Bonchev–Trinajstić information content (AvgIpc) is 3.42. The Morgan fingerprint density at radius 1 is 1.00 bits per heavy atom. The highest BCUT2D eigenvalue weighted by Crippen LogP contribution is 2.27. The van der Waals surface area contributed by atoms with Crippen molar-refractivity contribution in [2.45, 2.75) is 33.7 Å². The summed E-state index contributed by atoms with van der Waals surface area (Å²) in [5.74, 6) is -1.51. The van der Waals surface area contributed by atoms with Crippen molar-refractivity contribution < 1.29 is 14.4 Å². The number of carbonyl (C=O) groups is 3. The largest absolute Gasteiger partial charge is 0.350 e.